The quantitative estimate of drug-likeness (QED) is 0.297. The average Bonchev–Trinajstić information content (AvgIpc) is 2.61. The first-order chi connectivity index (χ1) is 7.24. The largest absolute Gasteiger partial charge is 0.353 e. The summed E-state index contributed by atoms with van der Waals surface area (Å²) in [4.78, 5) is 11.1. The molecule has 0 saturated carbocycles. The second-order valence-electron chi connectivity index (χ2n) is 3.87. The van der Waals surface area contributed by atoms with Crippen LogP contribution < -0.4 is 0 Å². The SMILES string of the molecule is CN(C)CCCCN1CCN=C1N=[N+]=[N-]. The number of hydrogen-bond donors (Lipinski definition) is 0. The van der Waals surface area contributed by atoms with E-state index in [1.54, 1.807) is 0 Å². The molecule has 0 aromatic rings. The highest BCUT2D eigenvalue weighted by molar-refractivity contribution is 5.82. The Morgan fingerprint density at radius 2 is 2.33 bits per heavy atom. The number of unbranched alkanes of at least 4 members (excludes halogenated alkanes) is 1. The lowest BCUT2D eigenvalue weighted by Gasteiger charge is -2.17. The van der Waals surface area contributed by atoms with E-state index >= 15 is 0 Å². The molecule has 0 aromatic heterocycles. The molecule has 1 rings (SSSR count). The summed E-state index contributed by atoms with van der Waals surface area (Å²) in [6, 6.07) is 0. The Kier molecular flexibility index (Phi) is 4.93. The third-order valence-electron chi connectivity index (χ3n) is 2.32. The molecule has 0 aliphatic carbocycles. The molecular weight excluding hydrogens is 192 g/mol. The standard InChI is InChI=1S/C9H18N6/c1-14(2)6-3-4-7-15-8-5-11-9(15)12-13-10/h3-8H2,1-2H3. The molecule has 6 nitrogen and oxygen atoms in total. The van der Waals surface area contributed by atoms with Gasteiger partial charge in [-0.3, -0.25) is 4.99 Å². The highest BCUT2D eigenvalue weighted by atomic mass is 15.4. The van der Waals surface area contributed by atoms with E-state index < -0.39 is 0 Å². The van der Waals surface area contributed by atoms with Gasteiger partial charge >= 0.3 is 0 Å². The van der Waals surface area contributed by atoms with E-state index in [2.05, 4.69) is 38.9 Å². The Morgan fingerprint density at radius 3 is 3.00 bits per heavy atom. The van der Waals surface area contributed by atoms with Crippen LogP contribution in [-0.4, -0.2) is 56.0 Å². The summed E-state index contributed by atoms with van der Waals surface area (Å²) in [5, 5.41) is 3.56. The summed E-state index contributed by atoms with van der Waals surface area (Å²) in [5.41, 5.74) is 8.33. The normalized spacial score (nSPS) is 15.4. The van der Waals surface area contributed by atoms with Crippen molar-refractivity contribution in [2.45, 2.75) is 12.8 Å². The van der Waals surface area contributed by atoms with E-state index in [4.69, 9.17) is 5.53 Å². The lowest BCUT2D eigenvalue weighted by molar-refractivity contribution is 0.369. The predicted molar refractivity (Wildman–Crippen MR) is 60.8 cm³/mol. The van der Waals surface area contributed by atoms with E-state index in [1.807, 2.05) is 0 Å². The van der Waals surface area contributed by atoms with E-state index in [0.717, 1.165) is 39.0 Å². The maximum atomic E-state index is 8.33. The lowest BCUT2D eigenvalue weighted by Crippen LogP contribution is -2.27. The van der Waals surface area contributed by atoms with Crippen molar-refractivity contribution in [2.24, 2.45) is 10.1 Å². The molecule has 0 N–H and O–H groups in total. The molecule has 1 heterocycles. The van der Waals surface area contributed by atoms with Gasteiger partial charge in [-0.2, -0.15) is 0 Å². The van der Waals surface area contributed by atoms with Crippen molar-refractivity contribution in [1.29, 1.82) is 0 Å². The van der Waals surface area contributed by atoms with Crippen molar-refractivity contribution in [3.8, 4) is 0 Å². The molecule has 1 aliphatic heterocycles. The van der Waals surface area contributed by atoms with Gasteiger partial charge in [-0.1, -0.05) is 0 Å². The van der Waals surface area contributed by atoms with Gasteiger partial charge in [-0.25, -0.2) is 0 Å². The van der Waals surface area contributed by atoms with Crippen LogP contribution >= 0.6 is 0 Å². The van der Waals surface area contributed by atoms with Crippen LogP contribution in [0.3, 0.4) is 0 Å². The topological polar surface area (TPSA) is 67.6 Å². The Morgan fingerprint density at radius 1 is 1.53 bits per heavy atom. The Bertz CT molecular complexity index is 266. The molecular formula is C9H18N6. The molecule has 0 bridgehead atoms. The lowest BCUT2D eigenvalue weighted by atomic mass is 10.3. The second kappa shape index (κ2) is 6.27. The van der Waals surface area contributed by atoms with E-state index in [-0.39, 0.29) is 0 Å². The van der Waals surface area contributed by atoms with Crippen molar-refractivity contribution in [2.75, 3.05) is 40.3 Å². The molecule has 0 amide bonds. The minimum absolute atomic E-state index is 0.558. The highest BCUT2D eigenvalue weighted by Gasteiger charge is 2.14. The fourth-order valence-electron chi connectivity index (χ4n) is 1.55. The zero-order valence-electron chi connectivity index (χ0n) is 9.43. The van der Waals surface area contributed by atoms with Crippen molar-refractivity contribution in [1.82, 2.24) is 9.80 Å². The monoisotopic (exact) mass is 210 g/mol. The minimum Gasteiger partial charge on any atom is -0.353 e. The van der Waals surface area contributed by atoms with E-state index in [1.165, 1.54) is 0 Å². The van der Waals surface area contributed by atoms with Crippen LogP contribution in [0.4, 0.5) is 0 Å². The molecule has 0 radical (unpaired) electrons. The Labute approximate surface area is 90.2 Å². The smallest absolute Gasteiger partial charge is 0.188 e. The third kappa shape index (κ3) is 4.18. The average molecular weight is 210 g/mol. The summed E-state index contributed by atoms with van der Waals surface area (Å²) in [7, 11) is 4.14. The summed E-state index contributed by atoms with van der Waals surface area (Å²) in [6.45, 7) is 3.67. The second-order valence-corrected chi connectivity index (χ2v) is 3.87. The number of azide groups is 1. The van der Waals surface area contributed by atoms with Crippen LogP contribution in [0.25, 0.3) is 10.4 Å². The molecule has 6 heteroatoms. The van der Waals surface area contributed by atoms with Gasteiger partial charge in [0, 0.05) is 18.0 Å². The van der Waals surface area contributed by atoms with Crippen LogP contribution in [-0.2, 0) is 0 Å². The number of guanidine groups is 1. The molecule has 0 aromatic carbocycles. The first-order valence-electron chi connectivity index (χ1n) is 5.23. The Hall–Kier alpha value is -1.26. The Balaban J connectivity index is 2.21. The molecule has 0 atom stereocenters. The van der Waals surface area contributed by atoms with Gasteiger partial charge in [0.15, 0.2) is 5.96 Å². The molecule has 0 saturated heterocycles. The van der Waals surface area contributed by atoms with Crippen LogP contribution in [0.2, 0.25) is 0 Å². The first-order valence-corrected chi connectivity index (χ1v) is 5.23. The molecule has 0 spiro atoms. The number of rotatable bonds is 5. The maximum Gasteiger partial charge on any atom is 0.188 e. The fraction of sp³-hybridized carbons (Fsp3) is 0.889. The fourth-order valence-corrected chi connectivity index (χ4v) is 1.55. The predicted octanol–water partition coefficient (Wildman–Crippen LogP) is 1.31. The van der Waals surface area contributed by atoms with Crippen molar-refractivity contribution in [3.63, 3.8) is 0 Å². The van der Waals surface area contributed by atoms with Gasteiger partial charge in [0.25, 0.3) is 0 Å². The zero-order valence-corrected chi connectivity index (χ0v) is 9.43. The zero-order chi connectivity index (χ0) is 11.1. The number of hydrogen-bond acceptors (Lipinski definition) is 4. The molecule has 0 unspecified atom stereocenters. The minimum atomic E-state index is 0.558. The third-order valence-corrected chi connectivity index (χ3v) is 2.32. The summed E-state index contributed by atoms with van der Waals surface area (Å²) in [6.07, 6.45) is 2.27. The molecule has 15 heavy (non-hydrogen) atoms. The van der Waals surface area contributed by atoms with Crippen LogP contribution in [0, 0.1) is 0 Å². The van der Waals surface area contributed by atoms with Crippen molar-refractivity contribution in [3.05, 3.63) is 10.4 Å². The van der Waals surface area contributed by atoms with Crippen molar-refractivity contribution >= 4 is 5.96 Å². The first kappa shape index (κ1) is 11.8. The van der Waals surface area contributed by atoms with Gasteiger partial charge in [-0.15, -0.1) is 0 Å². The van der Waals surface area contributed by atoms with Crippen molar-refractivity contribution < 1.29 is 0 Å². The van der Waals surface area contributed by atoms with Crippen LogP contribution in [0.1, 0.15) is 12.8 Å². The maximum absolute atomic E-state index is 8.33. The van der Waals surface area contributed by atoms with E-state index in [9.17, 15) is 0 Å². The van der Waals surface area contributed by atoms with Crippen LogP contribution in [0.5, 0.6) is 0 Å². The highest BCUT2D eigenvalue weighted by Crippen LogP contribution is 2.05. The van der Waals surface area contributed by atoms with E-state index in [0.29, 0.717) is 5.96 Å². The number of nitrogens with zero attached hydrogens (tertiary/aromatic N) is 6. The molecule has 0 fully saturated rings. The van der Waals surface area contributed by atoms with Gasteiger partial charge < -0.3 is 9.80 Å². The van der Waals surface area contributed by atoms with Crippen LogP contribution in [0.15, 0.2) is 10.1 Å². The van der Waals surface area contributed by atoms with Gasteiger partial charge in [0.05, 0.1) is 6.54 Å². The summed E-state index contributed by atoms with van der Waals surface area (Å²) in [5.74, 6) is 0.558. The molecule has 84 valence electrons. The van der Waals surface area contributed by atoms with Gasteiger partial charge in [-0.05, 0) is 44.1 Å². The number of aliphatic imine (C=N–C) groups is 1. The van der Waals surface area contributed by atoms with Gasteiger partial charge in [0.2, 0.25) is 0 Å². The van der Waals surface area contributed by atoms with Gasteiger partial charge in [0.1, 0.15) is 0 Å². The summed E-state index contributed by atoms with van der Waals surface area (Å²) < 4.78 is 0. The molecule has 1 aliphatic rings. The summed E-state index contributed by atoms with van der Waals surface area (Å²) >= 11 is 0.